The molecule has 5 heteroatoms. The van der Waals surface area contributed by atoms with Crippen LogP contribution in [0.2, 0.25) is 0 Å². The first-order chi connectivity index (χ1) is 8.21. The summed E-state index contributed by atoms with van der Waals surface area (Å²) >= 11 is 0. The van der Waals surface area contributed by atoms with Gasteiger partial charge in [0.1, 0.15) is 22.6 Å². The van der Waals surface area contributed by atoms with E-state index in [1.807, 2.05) is 20.8 Å². The van der Waals surface area contributed by atoms with Crippen LogP contribution in [0.1, 0.15) is 37.9 Å². The number of rotatable bonds is 2. The molecule has 0 aliphatic carbocycles. The fourth-order valence-electron chi connectivity index (χ4n) is 1.92. The van der Waals surface area contributed by atoms with Crippen molar-refractivity contribution in [1.29, 1.82) is 0 Å². The molecule has 0 saturated carbocycles. The zero-order valence-corrected chi connectivity index (χ0v) is 11.8. The highest BCUT2D eigenvalue weighted by molar-refractivity contribution is 7.84. The van der Waals surface area contributed by atoms with Crippen LogP contribution >= 0.6 is 0 Å². The van der Waals surface area contributed by atoms with Gasteiger partial charge in [0, 0.05) is 12.1 Å². The van der Waals surface area contributed by atoms with Crippen LogP contribution < -0.4 is 0 Å². The van der Waals surface area contributed by atoms with Crippen molar-refractivity contribution in [1.82, 2.24) is 4.31 Å². The largest absolute Gasteiger partial charge is 0.242 e. The van der Waals surface area contributed by atoms with Crippen molar-refractivity contribution < 1.29 is 13.0 Å². The second-order valence-electron chi connectivity index (χ2n) is 5.62. The van der Waals surface area contributed by atoms with Crippen LogP contribution in [0.3, 0.4) is 0 Å². The molecule has 100 valence electrons. The normalized spacial score (nSPS) is 25.0. The highest BCUT2D eigenvalue weighted by atomic mass is 32.2. The van der Waals surface area contributed by atoms with Crippen molar-refractivity contribution in [2.75, 3.05) is 6.54 Å². The second-order valence-corrected chi connectivity index (χ2v) is 7.81. The first-order valence-electron chi connectivity index (χ1n) is 5.86. The fraction of sp³-hybridized carbons (Fsp3) is 0.538. The molecule has 1 aliphatic heterocycles. The number of benzene rings is 1. The Morgan fingerprint density at radius 1 is 1.28 bits per heavy atom. The van der Waals surface area contributed by atoms with Crippen molar-refractivity contribution in [3.8, 4) is 0 Å². The lowest BCUT2D eigenvalue weighted by molar-refractivity contribution is 0.540. The van der Waals surface area contributed by atoms with Crippen LogP contribution in [0, 0.1) is 18.6 Å². The summed E-state index contributed by atoms with van der Waals surface area (Å²) < 4.78 is 40.8. The lowest BCUT2D eigenvalue weighted by Gasteiger charge is -2.18. The topological polar surface area (TPSA) is 20.1 Å². The van der Waals surface area contributed by atoms with Crippen LogP contribution in [0.25, 0.3) is 0 Å². The van der Waals surface area contributed by atoms with Gasteiger partial charge < -0.3 is 0 Å². The molecule has 2 nitrogen and oxygen atoms in total. The van der Waals surface area contributed by atoms with Gasteiger partial charge in [-0.25, -0.2) is 17.3 Å². The third-order valence-corrected chi connectivity index (χ3v) is 4.74. The molecular formula is C13H17F2NOS. The summed E-state index contributed by atoms with van der Waals surface area (Å²) in [5.41, 5.74) is 0.594. The first-order valence-corrected chi connectivity index (χ1v) is 6.96. The van der Waals surface area contributed by atoms with Gasteiger partial charge in [0.25, 0.3) is 0 Å². The standard InChI is InChI=1S/C13H17F2NOS/c1-8-5-9(14)12(10(15)6-8)11-7-16(11)18(17)13(2,3)4/h5-6,11H,7H2,1-4H3/t11-,16?,18?/m1/s1. The van der Waals surface area contributed by atoms with Crippen LogP contribution in [-0.2, 0) is 11.0 Å². The van der Waals surface area contributed by atoms with Gasteiger partial charge in [-0.15, -0.1) is 0 Å². The smallest absolute Gasteiger partial charge is 0.131 e. The molecule has 0 N–H and O–H groups in total. The van der Waals surface area contributed by atoms with Gasteiger partial charge in [-0.2, -0.15) is 0 Å². The molecule has 18 heavy (non-hydrogen) atoms. The summed E-state index contributed by atoms with van der Waals surface area (Å²) in [7, 11) is -1.23. The van der Waals surface area contributed by atoms with E-state index in [9.17, 15) is 13.0 Å². The van der Waals surface area contributed by atoms with Crippen molar-refractivity contribution in [3.05, 3.63) is 34.9 Å². The van der Waals surface area contributed by atoms with Gasteiger partial charge in [-0.05, 0) is 45.4 Å². The molecule has 0 amide bonds. The van der Waals surface area contributed by atoms with E-state index in [1.54, 1.807) is 11.2 Å². The van der Waals surface area contributed by atoms with Gasteiger partial charge in [-0.1, -0.05) is 0 Å². The molecule has 1 aliphatic rings. The van der Waals surface area contributed by atoms with Crippen LogP contribution in [0.15, 0.2) is 12.1 Å². The summed E-state index contributed by atoms with van der Waals surface area (Å²) in [6.07, 6.45) is 0. The third-order valence-electron chi connectivity index (χ3n) is 2.86. The predicted molar refractivity (Wildman–Crippen MR) is 68.4 cm³/mol. The van der Waals surface area contributed by atoms with Gasteiger partial charge in [0.05, 0.1) is 10.8 Å². The average Bonchev–Trinajstić information content (AvgIpc) is 2.93. The lowest BCUT2D eigenvalue weighted by atomic mass is 10.1. The number of hydrogen-bond acceptors (Lipinski definition) is 1. The minimum Gasteiger partial charge on any atom is -0.242 e. The Morgan fingerprint density at radius 2 is 1.78 bits per heavy atom. The third kappa shape index (κ3) is 2.47. The minimum absolute atomic E-state index is 0.0400. The molecule has 1 fully saturated rings. The zero-order valence-electron chi connectivity index (χ0n) is 11.0. The van der Waals surface area contributed by atoms with E-state index in [4.69, 9.17) is 0 Å². The first kappa shape index (κ1) is 13.6. The summed E-state index contributed by atoms with van der Waals surface area (Å²) in [6.45, 7) is 7.63. The fourth-order valence-corrected chi connectivity index (χ4v) is 3.24. The Balaban J connectivity index is 2.25. The van der Waals surface area contributed by atoms with E-state index in [-0.39, 0.29) is 5.56 Å². The molecule has 1 aromatic rings. The number of halogens is 2. The summed E-state index contributed by atoms with van der Waals surface area (Å²) in [5, 5.41) is 0. The van der Waals surface area contributed by atoms with Crippen molar-refractivity contribution in [3.63, 3.8) is 0 Å². The highest BCUT2D eigenvalue weighted by Crippen LogP contribution is 2.41. The zero-order chi connectivity index (χ0) is 13.7. The lowest BCUT2D eigenvalue weighted by Crippen LogP contribution is -2.27. The van der Waals surface area contributed by atoms with E-state index in [0.717, 1.165) is 0 Å². The Hall–Kier alpha value is -0.810. The number of nitrogens with zero attached hydrogens (tertiary/aromatic N) is 1. The molecule has 3 atom stereocenters. The molecule has 1 aromatic carbocycles. The molecule has 2 rings (SSSR count). The van der Waals surface area contributed by atoms with Gasteiger partial charge >= 0.3 is 0 Å². The maximum atomic E-state index is 13.8. The Kier molecular flexibility index (Phi) is 3.32. The SMILES string of the molecule is Cc1cc(F)c([C@H]2CN2S(=O)C(C)(C)C)c(F)c1. The van der Waals surface area contributed by atoms with Crippen LogP contribution in [-0.4, -0.2) is 19.8 Å². The Bertz CT molecular complexity index is 487. The Labute approximate surface area is 109 Å². The summed E-state index contributed by atoms with van der Waals surface area (Å²) in [5.74, 6) is -1.10. The summed E-state index contributed by atoms with van der Waals surface area (Å²) in [6, 6.07) is 2.23. The Morgan fingerprint density at radius 3 is 2.22 bits per heavy atom. The van der Waals surface area contributed by atoms with Gasteiger partial charge in [-0.3, -0.25) is 0 Å². The molecule has 0 bridgehead atoms. The average molecular weight is 273 g/mol. The molecule has 0 radical (unpaired) electrons. The van der Waals surface area contributed by atoms with Crippen LogP contribution in [0.5, 0.6) is 0 Å². The molecule has 0 spiro atoms. The summed E-state index contributed by atoms with van der Waals surface area (Å²) in [4.78, 5) is 0. The predicted octanol–water partition coefficient (Wildman–Crippen LogP) is 3.09. The highest BCUT2D eigenvalue weighted by Gasteiger charge is 2.46. The molecule has 1 saturated heterocycles. The van der Waals surface area contributed by atoms with Crippen molar-refractivity contribution in [2.24, 2.45) is 0 Å². The van der Waals surface area contributed by atoms with E-state index in [0.29, 0.717) is 12.1 Å². The minimum atomic E-state index is -1.23. The van der Waals surface area contributed by atoms with E-state index in [2.05, 4.69) is 0 Å². The number of hydrogen-bond donors (Lipinski definition) is 0. The van der Waals surface area contributed by atoms with E-state index >= 15 is 0 Å². The molecule has 0 aromatic heterocycles. The molecule has 2 unspecified atom stereocenters. The van der Waals surface area contributed by atoms with E-state index in [1.165, 1.54) is 12.1 Å². The second kappa shape index (κ2) is 4.38. The van der Waals surface area contributed by atoms with Gasteiger partial charge in [0.15, 0.2) is 0 Å². The maximum Gasteiger partial charge on any atom is 0.131 e. The maximum absolute atomic E-state index is 13.8. The monoisotopic (exact) mass is 273 g/mol. The van der Waals surface area contributed by atoms with Gasteiger partial charge in [0.2, 0.25) is 0 Å². The van der Waals surface area contributed by atoms with Crippen molar-refractivity contribution in [2.45, 2.75) is 38.5 Å². The quantitative estimate of drug-likeness (QED) is 0.758. The number of aryl methyl sites for hydroxylation is 1. The van der Waals surface area contributed by atoms with E-state index < -0.39 is 33.4 Å². The molecular weight excluding hydrogens is 256 g/mol. The van der Waals surface area contributed by atoms with Crippen molar-refractivity contribution >= 4 is 11.0 Å². The molecule has 1 heterocycles. The van der Waals surface area contributed by atoms with Crippen LogP contribution in [0.4, 0.5) is 8.78 Å².